The maximum Gasteiger partial charge on any atom is 0.277 e. The van der Waals surface area contributed by atoms with Gasteiger partial charge in [-0.3, -0.25) is 9.63 Å². The number of carbonyl (C=O) groups excluding carboxylic acids is 1. The molecular formula is C12H15NO4S. The van der Waals surface area contributed by atoms with Gasteiger partial charge in [-0.2, -0.15) is 0 Å². The normalized spacial score (nSPS) is 16.6. The molecule has 0 N–H and O–H groups in total. The lowest BCUT2D eigenvalue weighted by Gasteiger charge is -2.25. The second kappa shape index (κ2) is 5.07. The Morgan fingerprint density at radius 1 is 1.33 bits per heavy atom. The van der Waals surface area contributed by atoms with E-state index >= 15 is 0 Å². The second-order valence-corrected chi connectivity index (χ2v) is 6.26. The molecule has 0 aromatic heterocycles. The van der Waals surface area contributed by atoms with Crippen molar-refractivity contribution in [3.05, 3.63) is 29.8 Å². The van der Waals surface area contributed by atoms with Crippen LogP contribution in [-0.4, -0.2) is 38.8 Å². The van der Waals surface area contributed by atoms with E-state index in [2.05, 4.69) is 0 Å². The van der Waals surface area contributed by atoms with Crippen LogP contribution < -0.4 is 0 Å². The first-order valence-electron chi connectivity index (χ1n) is 5.73. The number of nitrogens with zero attached hydrogens (tertiary/aromatic N) is 1. The molecule has 6 heteroatoms. The fourth-order valence-electron chi connectivity index (χ4n) is 1.76. The van der Waals surface area contributed by atoms with Crippen molar-refractivity contribution in [3.8, 4) is 0 Å². The van der Waals surface area contributed by atoms with Gasteiger partial charge >= 0.3 is 0 Å². The smallest absolute Gasteiger partial charge is 0.271 e. The first kappa shape index (κ1) is 13.0. The van der Waals surface area contributed by atoms with E-state index in [4.69, 9.17) is 4.84 Å². The molecule has 0 radical (unpaired) electrons. The molecule has 0 atom stereocenters. The van der Waals surface area contributed by atoms with Crippen molar-refractivity contribution in [1.29, 1.82) is 0 Å². The summed E-state index contributed by atoms with van der Waals surface area (Å²) in [6.07, 6.45) is 2.96. The summed E-state index contributed by atoms with van der Waals surface area (Å²) in [5.74, 6) is -0.291. The Bertz CT molecular complexity index is 547. The lowest BCUT2D eigenvalue weighted by Crippen LogP contribution is -2.35. The van der Waals surface area contributed by atoms with Crippen molar-refractivity contribution in [3.63, 3.8) is 0 Å². The van der Waals surface area contributed by atoms with E-state index in [1.807, 2.05) is 0 Å². The lowest BCUT2D eigenvalue weighted by atomic mass is 10.2. The number of amides is 1. The molecule has 1 aromatic rings. The van der Waals surface area contributed by atoms with Gasteiger partial charge in [-0.1, -0.05) is 6.07 Å². The molecule has 5 nitrogen and oxygen atoms in total. The molecule has 1 amide bonds. The Morgan fingerprint density at radius 2 is 2.11 bits per heavy atom. The lowest BCUT2D eigenvalue weighted by molar-refractivity contribution is -0.144. The van der Waals surface area contributed by atoms with Crippen molar-refractivity contribution in [2.45, 2.75) is 17.7 Å². The minimum absolute atomic E-state index is 0.144. The minimum Gasteiger partial charge on any atom is -0.271 e. The Hall–Kier alpha value is -1.40. The standard InChI is InChI=1S/C12H15NO4S/c1-18(15,16)11-6-4-5-10(9-11)12(14)13-7-2-3-8-17-13/h4-6,9H,2-3,7-8H2,1H3. The quantitative estimate of drug-likeness (QED) is 0.810. The van der Waals surface area contributed by atoms with Crippen molar-refractivity contribution >= 4 is 15.7 Å². The van der Waals surface area contributed by atoms with Crippen molar-refractivity contribution in [2.75, 3.05) is 19.4 Å². The van der Waals surface area contributed by atoms with Crippen LogP contribution >= 0.6 is 0 Å². The molecule has 1 aliphatic rings. The average molecular weight is 269 g/mol. The molecule has 0 unspecified atom stereocenters. The Balaban J connectivity index is 2.25. The van der Waals surface area contributed by atoms with Crippen LogP contribution in [0.4, 0.5) is 0 Å². The highest BCUT2D eigenvalue weighted by Crippen LogP contribution is 2.15. The summed E-state index contributed by atoms with van der Waals surface area (Å²) in [5.41, 5.74) is 0.333. The third-order valence-electron chi connectivity index (χ3n) is 2.74. The first-order chi connectivity index (χ1) is 8.48. The van der Waals surface area contributed by atoms with Crippen LogP contribution in [0.15, 0.2) is 29.2 Å². The van der Waals surface area contributed by atoms with Gasteiger partial charge in [0, 0.05) is 18.4 Å². The van der Waals surface area contributed by atoms with Crippen LogP contribution in [0.2, 0.25) is 0 Å². The number of benzene rings is 1. The van der Waals surface area contributed by atoms with E-state index in [0.717, 1.165) is 19.1 Å². The number of hydrogen-bond donors (Lipinski definition) is 0. The fourth-order valence-corrected chi connectivity index (χ4v) is 2.43. The van der Waals surface area contributed by atoms with Gasteiger partial charge in [0.1, 0.15) is 0 Å². The molecule has 1 heterocycles. The van der Waals surface area contributed by atoms with E-state index in [9.17, 15) is 13.2 Å². The molecule has 2 rings (SSSR count). The molecule has 1 aliphatic heterocycles. The maximum atomic E-state index is 12.1. The highest BCUT2D eigenvalue weighted by molar-refractivity contribution is 7.90. The number of hydroxylamine groups is 2. The highest BCUT2D eigenvalue weighted by Gasteiger charge is 2.20. The molecule has 98 valence electrons. The molecule has 0 bridgehead atoms. The summed E-state index contributed by atoms with van der Waals surface area (Å²) in [5, 5.41) is 1.30. The molecular weight excluding hydrogens is 254 g/mol. The van der Waals surface area contributed by atoms with Crippen molar-refractivity contribution in [2.24, 2.45) is 0 Å². The number of sulfone groups is 1. The third kappa shape index (κ3) is 2.88. The van der Waals surface area contributed by atoms with E-state index < -0.39 is 9.84 Å². The minimum atomic E-state index is -3.30. The molecule has 1 fully saturated rings. The van der Waals surface area contributed by atoms with E-state index in [-0.39, 0.29) is 10.8 Å². The first-order valence-corrected chi connectivity index (χ1v) is 7.62. The molecule has 0 aliphatic carbocycles. The van der Waals surface area contributed by atoms with Gasteiger partial charge in [0.25, 0.3) is 5.91 Å². The second-order valence-electron chi connectivity index (χ2n) is 4.25. The number of rotatable bonds is 2. The van der Waals surface area contributed by atoms with E-state index in [0.29, 0.717) is 18.7 Å². The summed E-state index contributed by atoms with van der Waals surface area (Å²) in [6.45, 7) is 1.07. The van der Waals surface area contributed by atoms with Crippen LogP contribution in [0, 0.1) is 0 Å². The van der Waals surface area contributed by atoms with Crippen LogP contribution in [0.3, 0.4) is 0 Å². The fraction of sp³-hybridized carbons (Fsp3) is 0.417. The van der Waals surface area contributed by atoms with E-state index in [1.54, 1.807) is 12.1 Å². The predicted octanol–water partition coefficient (Wildman–Crippen LogP) is 1.26. The van der Waals surface area contributed by atoms with Crippen LogP contribution in [0.25, 0.3) is 0 Å². The van der Waals surface area contributed by atoms with Crippen molar-refractivity contribution in [1.82, 2.24) is 5.06 Å². The number of hydrogen-bond acceptors (Lipinski definition) is 4. The zero-order valence-corrected chi connectivity index (χ0v) is 10.9. The topological polar surface area (TPSA) is 63.7 Å². The third-order valence-corrected chi connectivity index (χ3v) is 3.85. The Kier molecular flexibility index (Phi) is 3.68. The van der Waals surface area contributed by atoms with Crippen LogP contribution in [-0.2, 0) is 14.7 Å². The summed E-state index contributed by atoms with van der Waals surface area (Å²) >= 11 is 0. The van der Waals surface area contributed by atoms with Crippen molar-refractivity contribution < 1.29 is 18.0 Å². The van der Waals surface area contributed by atoms with Crippen LogP contribution in [0.1, 0.15) is 23.2 Å². The summed E-state index contributed by atoms with van der Waals surface area (Å²) in [4.78, 5) is 17.5. The largest absolute Gasteiger partial charge is 0.277 e. The monoisotopic (exact) mass is 269 g/mol. The highest BCUT2D eigenvalue weighted by atomic mass is 32.2. The zero-order valence-electron chi connectivity index (χ0n) is 10.1. The summed E-state index contributed by atoms with van der Waals surface area (Å²) < 4.78 is 22.9. The van der Waals surface area contributed by atoms with Gasteiger partial charge in [-0.25, -0.2) is 13.5 Å². The van der Waals surface area contributed by atoms with Gasteiger partial charge in [0.05, 0.1) is 11.5 Å². The molecule has 0 saturated carbocycles. The SMILES string of the molecule is CS(=O)(=O)c1cccc(C(=O)N2CCCCO2)c1. The Morgan fingerprint density at radius 3 is 2.72 bits per heavy atom. The van der Waals surface area contributed by atoms with Gasteiger partial charge in [0.15, 0.2) is 9.84 Å². The predicted molar refractivity (Wildman–Crippen MR) is 65.8 cm³/mol. The maximum absolute atomic E-state index is 12.1. The van der Waals surface area contributed by atoms with Crippen LogP contribution in [0.5, 0.6) is 0 Å². The molecule has 1 aromatic carbocycles. The van der Waals surface area contributed by atoms with Gasteiger partial charge in [0.2, 0.25) is 0 Å². The zero-order chi connectivity index (χ0) is 13.2. The van der Waals surface area contributed by atoms with Gasteiger partial charge in [-0.15, -0.1) is 0 Å². The van der Waals surface area contributed by atoms with E-state index in [1.165, 1.54) is 17.2 Å². The molecule has 1 saturated heterocycles. The van der Waals surface area contributed by atoms with Gasteiger partial charge < -0.3 is 0 Å². The van der Waals surface area contributed by atoms with Gasteiger partial charge in [-0.05, 0) is 31.0 Å². The average Bonchev–Trinajstić information content (AvgIpc) is 2.38. The molecule has 18 heavy (non-hydrogen) atoms. The Labute approximate surface area is 106 Å². The summed E-state index contributed by atoms with van der Waals surface area (Å²) in [6, 6.07) is 6.02. The number of carbonyl (C=O) groups is 1. The summed E-state index contributed by atoms with van der Waals surface area (Å²) in [7, 11) is -3.30. The molecule has 0 spiro atoms.